The van der Waals surface area contributed by atoms with Crippen molar-refractivity contribution in [1.29, 1.82) is 0 Å². The molecule has 2 aliphatic heterocycles. The van der Waals surface area contributed by atoms with Gasteiger partial charge in [0.25, 0.3) is 0 Å². The molecule has 2 heterocycles. The van der Waals surface area contributed by atoms with Crippen molar-refractivity contribution in [2.24, 2.45) is 0 Å². The third kappa shape index (κ3) is 5.01. The molecular weight excluding hydrogens is 325 g/mol. The Morgan fingerprint density at radius 1 is 1.00 bits per heavy atom. The number of nitrogens with zero attached hydrogens (tertiary/aromatic N) is 3. The summed E-state index contributed by atoms with van der Waals surface area (Å²) in [5, 5.41) is 0. The Kier molecular flexibility index (Phi) is 6.69. The maximum atomic E-state index is 2.64. The minimum Gasteiger partial charge on any atom is -1.00 e. The second kappa shape index (κ2) is 7.26. The first-order valence-corrected chi connectivity index (χ1v) is 6.92. The van der Waals surface area contributed by atoms with Crippen LogP contribution in [0.5, 0.6) is 0 Å². The van der Waals surface area contributed by atoms with Crippen LogP contribution in [0, 0.1) is 0 Å². The maximum absolute atomic E-state index is 2.64. The SMILES string of the molecule is CN1CCN(CCC[N+]2(C)CCCC2)CC1.[I-]. The van der Waals surface area contributed by atoms with E-state index in [0.717, 1.165) is 0 Å². The average Bonchev–Trinajstić information content (AvgIpc) is 2.69. The summed E-state index contributed by atoms with van der Waals surface area (Å²) in [5.74, 6) is 0. The molecule has 0 N–H and O–H groups in total. The molecule has 0 radical (unpaired) electrons. The number of hydrogen-bond donors (Lipinski definition) is 0. The molecule has 2 fully saturated rings. The zero-order chi connectivity index (χ0) is 11.4. The summed E-state index contributed by atoms with van der Waals surface area (Å²) in [6, 6.07) is 0. The lowest BCUT2D eigenvalue weighted by molar-refractivity contribution is -0.897. The molecule has 0 aromatic rings. The van der Waals surface area contributed by atoms with Crippen LogP contribution in [0.3, 0.4) is 0 Å². The van der Waals surface area contributed by atoms with Crippen molar-refractivity contribution in [2.75, 3.05) is 66.5 Å². The predicted octanol–water partition coefficient (Wildman–Crippen LogP) is -2.13. The van der Waals surface area contributed by atoms with E-state index in [9.17, 15) is 0 Å². The summed E-state index contributed by atoms with van der Waals surface area (Å²) in [6.07, 6.45) is 4.29. The van der Waals surface area contributed by atoms with E-state index in [-0.39, 0.29) is 24.0 Å². The van der Waals surface area contributed by atoms with Gasteiger partial charge in [-0.3, -0.25) is 0 Å². The number of likely N-dealkylation sites (N-methyl/N-ethyl adjacent to an activating group) is 1. The third-order valence-electron chi connectivity index (χ3n) is 4.41. The van der Waals surface area contributed by atoms with E-state index in [0.29, 0.717) is 0 Å². The largest absolute Gasteiger partial charge is 1.00 e. The van der Waals surface area contributed by atoms with Crippen LogP contribution < -0.4 is 24.0 Å². The Bertz CT molecular complexity index is 209. The Labute approximate surface area is 124 Å². The van der Waals surface area contributed by atoms with Gasteiger partial charge in [0.15, 0.2) is 0 Å². The molecule has 3 nitrogen and oxygen atoms in total. The summed E-state index contributed by atoms with van der Waals surface area (Å²) in [7, 11) is 4.67. The number of hydrogen-bond acceptors (Lipinski definition) is 2. The fourth-order valence-electron chi connectivity index (χ4n) is 3.07. The highest BCUT2D eigenvalue weighted by molar-refractivity contribution is 4.69. The van der Waals surface area contributed by atoms with Crippen LogP contribution in [0.25, 0.3) is 0 Å². The molecule has 0 atom stereocenters. The predicted molar refractivity (Wildman–Crippen MR) is 68.6 cm³/mol. The quantitative estimate of drug-likeness (QED) is 0.421. The van der Waals surface area contributed by atoms with Gasteiger partial charge < -0.3 is 38.3 Å². The number of halogens is 1. The van der Waals surface area contributed by atoms with Gasteiger partial charge in [0.1, 0.15) is 0 Å². The highest BCUT2D eigenvalue weighted by Gasteiger charge is 2.26. The average molecular weight is 353 g/mol. The molecule has 0 saturated carbocycles. The molecule has 0 bridgehead atoms. The van der Waals surface area contributed by atoms with Crippen molar-refractivity contribution in [3.8, 4) is 0 Å². The monoisotopic (exact) mass is 353 g/mol. The first-order valence-electron chi connectivity index (χ1n) is 6.92. The molecule has 0 aliphatic carbocycles. The van der Waals surface area contributed by atoms with E-state index in [2.05, 4.69) is 23.9 Å². The Morgan fingerprint density at radius 3 is 2.18 bits per heavy atom. The molecule has 0 aromatic carbocycles. The van der Waals surface area contributed by atoms with E-state index in [4.69, 9.17) is 0 Å². The summed E-state index contributed by atoms with van der Waals surface area (Å²) in [4.78, 5) is 5.08. The topological polar surface area (TPSA) is 6.48 Å². The molecule has 4 heteroatoms. The van der Waals surface area contributed by atoms with Crippen LogP contribution >= 0.6 is 0 Å². The number of likely N-dealkylation sites (tertiary alicyclic amines) is 1. The second-order valence-corrected chi connectivity index (χ2v) is 6.00. The van der Waals surface area contributed by atoms with Gasteiger partial charge in [-0.05, 0) is 7.05 Å². The minimum atomic E-state index is 0. The molecule has 2 saturated heterocycles. The summed E-state index contributed by atoms with van der Waals surface area (Å²) < 4.78 is 1.34. The fraction of sp³-hybridized carbons (Fsp3) is 1.00. The molecule has 2 rings (SSSR count). The van der Waals surface area contributed by atoms with E-state index >= 15 is 0 Å². The highest BCUT2D eigenvalue weighted by Crippen LogP contribution is 2.16. The third-order valence-corrected chi connectivity index (χ3v) is 4.41. The maximum Gasteiger partial charge on any atom is 0.0796 e. The van der Waals surface area contributed by atoms with Crippen LogP contribution in [0.15, 0.2) is 0 Å². The van der Waals surface area contributed by atoms with E-state index < -0.39 is 0 Å². The number of rotatable bonds is 4. The van der Waals surface area contributed by atoms with Crippen LogP contribution in [0.4, 0.5) is 0 Å². The van der Waals surface area contributed by atoms with Crippen LogP contribution in [-0.2, 0) is 0 Å². The Hall–Kier alpha value is 0.610. The van der Waals surface area contributed by atoms with Crippen molar-refractivity contribution < 1.29 is 28.5 Å². The van der Waals surface area contributed by atoms with Crippen molar-refractivity contribution in [3.63, 3.8) is 0 Å². The molecule has 0 amide bonds. The number of quaternary nitrogens is 1. The van der Waals surface area contributed by atoms with Gasteiger partial charge >= 0.3 is 0 Å². The van der Waals surface area contributed by atoms with Gasteiger partial charge in [-0.25, -0.2) is 0 Å². The molecule has 0 aromatic heterocycles. The van der Waals surface area contributed by atoms with Gasteiger partial charge in [-0.1, -0.05) is 0 Å². The standard InChI is InChI=1S/C13H28N3.HI/c1-14-7-9-15(10-8-14)6-5-13-16(2)11-3-4-12-16;/h3-13H2,1-2H3;1H/q+1;/p-1. The number of piperazine rings is 1. The Balaban J connectivity index is 0.00000144. The van der Waals surface area contributed by atoms with Gasteiger partial charge in [-0.15, -0.1) is 0 Å². The molecule has 102 valence electrons. The Morgan fingerprint density at radius 2 is 1.59 bits per heavy atom. The molecular formula is C13H28IN3. The van der Waals surface area contributed by atoms with E-state index in [1.54, 1.807) is 0 Å². The molecule has 17 heavy (non-hydrogen) atoms. The zero-order valence-corrected chi connectivity index (χ0v) is 13.7. The van der Waals surface area contributed by atoms with Crippen molar-refractivity contribution >= 4 is 0 Å². The van der Waals surface area contributed by atoms with Gasteiger partial charge in [0, 0.05) is 52.0 Å². The van der Waals surface area contributed by atoms with Crippen molar-refractivity contribution in [3.05, 3.63) is 0 Å². The molecule has 2 aliphatic rings. The van der Waals surface area contributed by atoms with E-state index in [1.807, 2.05) is 0 Å². The molecule has 0 spiro atoms. The fourth-order valence-corrected chi connectivity index (χ4v) is 3.07. The smallest absolute Gasteiger partial charge is 0.0796 e. The first-order chi connectivity index (χ1) is 7.68. The summed E-state index contributed by atoms with van der Waals surface area (Å²) in [5.41, 5.74) is 0. The van der Waals surface area contributed by atoms with Gasteiger partial charge in [-0.2, -0.15) is 0 Å². The minimum absolute atomic E-state index is 0. The first kappa shape index (κ1) is 15.7. The molecule has 0 unspecified atom stereocenters. The zero-order valence-electron chi connectivity index (χ0n) is 11.5. The van der Waals surface area contributed by atoms with E-state index in [1.165, 1.54) is 76.1 Å². The normalized spacial score (nSPS) is 25.8. The lowest BCUT2D eigenvalue weighted by Gasteiger charge is -2.34. The lowest BCUT2D eigenvalue weighted by Crippen LogP contribution is -3.00. The second-order valence-electron chi connectivity index (χ2n) is 6.00. The van der Waals surface area contributed by atoms with Crippen LogP contribution in [0.1, 0.15) is 19.3 Å². The van der Waals surface area contributed by atoms with Crippen LogP contribution in [-0.4, -0.2) is 80.7 Å². The van der Waals surface area contributed by atoms with Gasteiger partial charge in [0.05, 0.1) is 26.7 Å². The van der Waals surface area contributed by atoms with Crippen molar-refractivity contribution in [1.82, 2.24) is 9.80 Å². The summed E-state index contributed by atoms with van der Waals surface area (Å²) >= 11 is 0. The van der Waals surface area contributed by atoms with Gasteiger partial charge in [0.2, 0.25) is 0 Å². The van der Waals surface area contributed by atoms with Crippen molar-refractivity contribution in [2.45, 2.75) is 19.3 Å². The lowest BCUT2D eigenvalue weighted by atomic mass is 10.3. The summed E-state index contributed by atoms with van der Waals surface area (Å²) in [6.45, 7) is 10.6. The highest BCUT2D eigenvalue weighted by atomic mass is 127. The van der Waals surface area contributed by atoms with Crippen LogP contribution in [0.2, 0.25) is 0 Å².